The van der Waals surface area contributed by atoms with Gasteiger partial charge in [-0.1, -0.05) is 0 Å². The lowest BCUT2D eigenvalue weighted by Gasteiger charge is -2.40. The predicted molar refractivity (Wildman–Crippen MR) is 98.8 cm³/mol. The SMILES string of the molecule is CC1CC(NCCN)NC(NC(=O)NC2CCC3NCCCC3C2)N1. The Morgan fingerprint density at radius 3 is 2.88 bits per heavy atom. The molecule has 0 radical (unpaired) electrons. The van der Waals surface area contributed by atoms with Gasteiger partial charge in [-0.25, -0.2) is 4.79 Å². The molecule has 0 aromatic rings. The van der Waals surface area contributed by atoms with Gasteiger partial charge in [0.25, 0.3) is 0 Å². The summed E-state index contributed by atoms with van der Waals surface area (Å²) in [5.74, 6) is 0.712. The van der Waals surface area contributed by atoms with Crippen molar-refractivity contribution in [2.45, 2.75) is 76.0 Å². The summed E-state index contributed by atoms with van der Waals surface area (Å²) in [5, 5.41) is 19.9. The van der Waals surface area contributed by atoms with E-state index in [4.69, 9.17) is 5.73 Å². The van der Waals surface area contributed by atoms with Gasteiger partial charge in [-0.2, -0.15) is 0 Å². The quantitative estimate of drug-likeness (QED) is 0.353. The third-order valence-corrected chi connectivity index (χ3v) is 5.69. The van der Waals surface area contributed by atoms with E-state index < -0.39 is 0 Å². The lowest BCUT2D eigenvalue weighted by atomic mass is 9.77. The van der Waals surface area contributed by atoms with Crippen LogP contribution < -0.4 is 37.6 Å². The van der Waals surface area contributed by atoms with E-state index in [0.29, 0.717) is 24.5 Å². The van der Waals surface area contributed by atoms with Crippen LogP contribution in [-0.2, 0) is 0 Å². The molecule has 2 aliphatic heterocycles. The molecule has 25 heavy (non-hydrogen) atoms. The fraction of sp³-hybridized carbons (Fsp3) is 0.941. The maximum atomic E-state index is 12.4. The van der Waals surface area contributed by atoms with Crippen molar-refractivity contribution in [3.63, 3.8) is 0 Å². The third kappa shape index (κ3) is 5.52. The molecule has 6 atom stereocenters. The second-order valence-corrected chi connectivity index (χ2v) is 7.79. The number of hydrogen-bond acceptors (Lipinski definition) is 6. The number of fused-ring (bicyclic) bond motifs is 1. The number of hydrogen-bond donors (Lipinski definition) is 7. The van der Waals surface area contributed by atoms with Gasteiger partial charge < -0.3 is 27.0 Å². The lowest BCUT2D eigenvalue weighted by Crippen LogP contribution is -2.68. The molecule has 8 heteroatoms. The minimum absolute atomic E-state index is 0.0936. The van der Waals surface area contributed by atoms with Gasteiger partial charge in [-0.3, -0.25) is 10.6 Å². The molecule has 3 rings (SSSR count). The number of piperidine rings is 1. The van der Waals surface area contributed by atoms with Crippen LogP contribution in [0.3, 0.4) is 0 Å². The number of urea groups is 1. The zero-order valence-corrected chi connectivity index (χ0v) is 15.3. The van der Waals surface area contributed by atoms with Crippen LogP contribution in [0.5, 0.6) is 0 Å². The molecule has 1 aliphatic carbocycles. The largest absolute Gasteiger partial charge is 0.335 e. The first-order valence-corrected chi connectivity index (χ1v) is 9.90. The van der Waals surface area contributed by atoms with Crippen LogP contribution in [0.25, 0.3) is 0 Å². The van der Waals surface area contributed by atoms with Crippen molar-refractivity contribution >= 4 is 6.03 Å². The number of carbonyl (C=O) groups is 1. The molecule has 144 valence electrons. The van der Waals surface area contributed by atoms with Gasteiger partial charge in [0, 0.05) is 31.2 Å². The van der Waals surface area contributed by atoms with Gasteiger partial charge in [0.2, 0.25) is 0 Å². The average molecular weight is 354 g/mol. The summed E-state index contributed by atoms with van der Waals surface area (Å²) in [5.41, 5.74) is 5.56. The number of carbonyl (C=O) groups excluding carboxylic acids is 1. The predicted octanol–water partition coefficient (Wildman–Crippen LogP) is -0.664. The summed E-state index contributed by atoms with van der Waals surface area (Å²) in [6, 6.07) is 1.18. The van der Waals surface area contributed by atoms with Crippen molar-refractivity contribution in [3.8, 4) is 0 Å². The van der Waals surface area contributed by atoms with Crippen LogP contribution in [0.1, 0.15) is 45.4 Å². The molecule has 6 unspecified atom stereocenters. The van der Waals surface area contributed by atoms with E-state index in [1.807, 2.05) is 0 Å². The van der Waals surface area contributed by atoms with Crippen molar-refractivity contribution in [1.82, 2.24) is 31.9 Å². The smallest absolute Gasteiger partial charge is 0.317 e. The Morgan fingerprint density at radius 2 is 2.04 bits per heavy atom. The summed E-state index contributed by atoms with van der Waals surface area (Å²) in [6.45, 7) is 4.65. The number of nitrogens with one attached hydrogen (secondary N) is 6. The average Bonchev–Trinajstić information content (AvgIpc) is 2.59. The van der Waals surface area contributed by atoms with E-state index >= 15 is 0 Å². The summed E-state index contributed by atoms with van der Waals surface area (Å²) >= 11 is 0. The topological polar surface area (TPSA) is 115 Å². The normalized spacial score (nSPS) is 38.6. The minimum Gasteiger partial charge on any atom is -0.335 e. The Labute approximate surface area is 150 Å². The summed E-state index contributed by atoms with van der Waals surface area (Å²) in [7, 11) is 0. The molecule has 0 aromatic carbocycles. The van der Waals surface area contributed by atoms with Gasteiger partial charge in [-0.15, -0.1) is 0 Å². The molecular formula is C17H35N7O. The zero-order valence-electron chi connectivity index (χ0n) is 15.3. The van der Waals surface area contributed by atoms with Crippen molar-refractivity contribution in [1.29, 1.82) is 0 Å². The first kappa shape index (κ1) is 18.8. The highest BCUT2D eigenvalue weighted by Crippen LogP contribution is 2.30. The summed E-state index contributed by atoms with van der Waals surface area (Å²) < 4.78 is 0. The van der Waals surface area contributed by atoms with Gasteiger partial charge in [0.1, 0.15) is 6.29 Å². The molecule has 2 saturated heterocycles. The van der Waals surface area contributed by atoms with Gasteiger partial charge in [-0.05, 0) is 57.9 Å². The van der Waals surface area contributed by atoms with E-state index in [0.717, 1.165) is 38.8 Å². The second kappa shape index (κ2) is 9.14. The van der Waals surface area contributed by atoms with Crippen LogP contribution in [0.15, 0.2) is 0 Å². The fourth-order valence-corrected chi connectivity index (χ4v) is 4.50. The van der Waals surface area contributed by atoms with Gasteiger partial charge in [0.15, 0.2) is 0 Å². The highest BCUT2D eigenvalue weighted by molar-refractivity contribution is 5.74. The molecule has 8 nitrogen and oxygen atoms in total. The van der Waals surface area contributed by atoms with Crippen molar-refractivity contribution in [2.24, 2.45) is 11.7 Å². The Morgan fingerprint density at radius 1 is 1.16 bits per heavy atom. The van der Waals surface area contributed by atoms with Crippen LogP contribution >= 0.6 is 0 Å². The Bertz CT molecular complexity index is 435. The first-order chi connectivity index (χ1) is 12.1. The van der Waals surface area contributed by atoms with E-state index in [9.17, 15) is 4.79 Å². The summed E-state index contributed by atoms with van der Waals surface area (Å²) in [4.78, 5) is 12.4. The maximum absolute atomic E-state index is 12.4. The van der Waals surface area contributed by atoms with Crippen molar-refractivity contribution in [3.05, 3.63) is 0 Å². The van der Waals surface area contributed by atoms with E-state index in [1.165, 1.54) is 12.8 Å². The molecule has 2 heterocycles. The van der Waals surface area contributed by atoms with E-state index in [2.05, 4.69) is 38.8 Å². The van der Waals surface area contributed by atoms with Crippen LogP contribution in [-0.4, -0.2) is 56.2 Å². The maximum Gasteiger partial charge on any atom is 0.317 e. The molecule has 2 amide bonds. The van der Waals surface area contributed by atoms with Crippen LogP contribution in [0.4, 0.5) is 4.79 Å². The molecular weight excluding hydrogens is 318 g/mol. The highest BCUT2D eigenvalue weighted by Gasteiger charge is 2.33. The molecule has 0 spiro atoms. The number of amides is 2. The molecule has 1 saturated carbocycles. The Hall–Kier alpha value is -0.930. The minimum atomic E-state index is -0.230. The number of nitrogens with two attached hydrogens (primary N) is 1. The highest BCUT2D eigenvalue weighted by atomic mass is 16.2. The van der Waals surface area contributed by atoms with Crippen LogP contribution in [0.2, 0.25) is 0 Å². The first-order valence-electron chi connectivity index (χ1n) is 9.90. The second-order valence-electron chi connectivity index (χ2n) is 7.79. The third-order valence-electron chi connectivity index (χ3n) is 5.69. The Balaban J connectivity index is 1.42. The number of rotatable bonds is 5. The van der Waals surface area contributed by atoms with E-state index in [1.54, 1.807) is 0 Å². The van der Waals surface area contributed by atoms with Crippen molar-refractivity contribution < 1.29 is 4.79 Å². The zero-order chi connectivity index (χ0) is 17.6. The molecule has 8 N–H and O–H groups in total. The van der Waals surface area contributed by atoms with Gasteiger partial charge in [0.05, 0.1) is 6.17 Å². The standard InChI is InChI=1S/C17H35N7O/c1-11-9-15(20-8-6-18)23-16(21-11)24-17(25)22-13-4-5-14-12(10-13)3-2-7-19-14/h11-16,19-21,23H,2-10,18H2,1H3,(H2,22,24,25). The molecule has 0 bridgehead atoms. The van der Waals surface area contributed by atoms with Crippen molar-refractivity contribution in [2.75, 3.05) is 19.6 Å². The summed E-state index contributed by atoms with van der Waals surface area (Å²) in [6.07, 6.45) is 6.74. The monoisotopic (exact) mass is 353 g/mol. The van der Waals surface area contributed by atoms with E-state index in [-0.39, 0.29) is 24.5 Å². The molecule has 3 fully saturated rings. The lowest BCUT2D eigenvalue weighted by molar-refractivity contribution is 0.167. The molecule has 3 aliphatic rings. The Kier molecular flexibility index (Phi) is 6.89. The van der Waals surface area contributed by atoms with Crippen LogP contribution in [0, 0.1) is 5.92 Å². The fourth-order valence-electron chi connectivity index (χ4n) is 4.50. The molecule has 0 aromatic heterocycles. The van der Waals surface area contributed by atoms with Gasteiger partial charge >= 0.3 is 6.03 Å².